The van der Waals surface area contributed by atoms with Crippen LogP contribution in [0.5, 0.6) is 0 Å². The molecule has 4 unspecified atom stereocenters. The number of likely N-dealkylation sites (tertiary alicyclic amines) is 1. The fraction of sp³-hybridized carbons (Fsp3) is 0.688. The summed E-state index contributed by atoms with van der Waals surface area (Å²) in [4.78, 5) is 40.5. The first-order chi connectivity index (χ1) is 10.7. The molecule has 3 aliphatic carbocycles. The van der Waals surface area contributed by atoms with Crippen LogP contribution in [0.2, 0.25) is 0 Å². The number of morpholine rings is 1. The molecule has 0 aromatic heterocycles. The second-order valence-electron chi connectivity index (χ2n) is 6.60. The SMILES string of the molecule is O=C(CN1C(=O)C2C3C=CC(CC3)C2C1=O)N1CCOCC1. The molecule has 0 N–H and O–H groups in total. The standard InChI is InChI=1S/C16H20N2O4/c19-12(17-5-7-22-8-6-17)9-18-15(20)13-10-1-2-11(4-3-10)14(13)16(18)21/h1-2,10-11,13-14H,3-9H2. The maximum absolute atomic E-state index is 12.6. The van der Waals surface area contributed by atoms with Crippen LogP contribution in [-0.2, 0) is 19.1 Å². The van der Waals surface area contributed by atoms with Crippen molar-refractivity contribution in [2.45, 2.75) is 12.8 Å². The zero-order valence-corrected chi connectivity index (χ0v) is 12.4. The predicted octanol–water partition coefficient (Wildman–Crippen LogP) is 0.0424. The summed E-state index contributed by atoms with van der Waals surface area (Å²) in [7, 11) is 0. The molecule has 118 valence electrons. The van der Waals surface area contributed by atoms with E-state index in [2.05, 4.69) is 12.2 Å². The van der Waals surface area contributed by atoms with Crippen molar-refractivity contribution < 1.29 is 19.1 Å². The van der Waals surface area contributed by atoms with Crippen LogP contribution in [0.25, 0.3) is 0 Å². The number of fused-ring (bicyclic) bond motifs is 1. The van der Waals surface area contributed by atoms with Gasteiger partial charge in [0.2, 0.25) is 17.7 Å². The van der Waals surface area contributed by atoms with E-state index in [4.69, 9.17) is 4.74 Å². The van der Waals surface area contributed by atoms with Gasteiger partial charge in [0.25, 0.3) is 0 Å². The van der Waals surface area contributed by atoms with Crippen LogP contribution >= 0.6 is 0 Å². The van der Waals surface area contributed by atoms with Crippen molar-refractivity contribution in [3.63, 3.8) is 0 Å². The zero-order valence-electron chi connectivity index (χ0n) is 12.4. The summed E-state index contributed by atoms with van der Waals surface area (Å²) in [5.41, 5.74) is 0. The number of imide groups is 1. The van der Waals surface area contributed by atoms with E-state index in [0.717, 1.165) is 12.8 Å². The Labute approximate surface area is 129 Å². The van der Waals surface area contributed by atoms with Crippen molar-refractivity contribution in [2.75, 3.05) is 32.8 Å². The minimum Gasteiger partial charge on any atom is -0.378 e. The lowest BCUT2D eigenvalue weighted by Gasteiger charge is -2.38. The van der Waals surface area contributed by atoms with Gasteiger partial charge < -0.3 is 9.64 Å². The quantitative estimate of drug-likeness (QED) is 0.534. The van der Waals surface area contributed by atoms with Gasteiger partial charge in [-0.3, -0.25) is 19.3 Å². The molecule has 2 saturated heterocycles. The van der Waals surface area contributed by atoms with E-state index in [-0.39, 0.29) is 47.9 Å². The molecule has 0 aromatic rings. The van der Waals surface area contributed by atoms with Gasteiger partial charge in [-0.25, -0.2) is 0 Å². The molecule has 22 heavy (non-hydrogen) atoms. The number of hydrogen-bond donors (Lipinski definition) is 0. The monoisotopic (exact) mass is 304 g/mol. The van der Waals surface area contributed by atoms with Gasteiger partial charge in [-0.1, -0.05) is 12.2 Å². The summed E-state index contributed by atoms with van der Waals surface area (Å²) in [6, 6.07) is 0. The Morgan fingerprint density at radius 3 is 2.09 bits per heavy atom. The summed E-state index contributed by atoms with van der Waals surface area (Å²) in [6.45, 7) is 2.01. The van der Waals surface area contributed by atoms with E-state index in [1.807, 2.05) is 0 Å². The smallest absolute Gasteiger partial charge is 0.242 e. The van der Waals surface area contributed by atoms with Gasteiger partial charge in [-0.15, -0.1) is 0 Å². The Morgan fingerprint density at radius 2 is 1.59 bits per heavy atom. The number of allylic oxidation sites excluding steroid dienone is 2. The highest BCUT2D eigenvalue weighted by Gasteiger charge is 2.56. The van der Waals surface area contributed by atoms with Crippen molar-refractivity contribution in [3.05, 3.63) is 12.2 Å². The largest absolute Gasteiger partial charge is 0.378 e. The molecular weight excluding hydrogens is 284 g/mol. The van der Waals surface area contributed by atoms with Gasteiger partial charge in [-0.2, -0.15) is 0 Å². The minimum atomic E-state index is -0.228. The van der Waals surface area contributed by atoms with Crippen molar-refractivity contribution in [2.24, 2.45) is 23.7 Å². The van der Waals surface area contributed by atoms with Crippen LogP contribution in [0.15, 0.2) is 12.2 Å². The van der Waals surface area contributed by atoms with Crippen LogP contribution in [0.4, 0.5) is 0 Å². The van der Waals surface area contributed by atoms with E-state index in [0.29, 0.717) is 26.3 Å². The Balaban J connectivity index is 1.50. The highest BCUT2D eigenvalue weighted by atomic mass is 16.5. The lowest BCUT2D eigenvalue weighted by molar-refractivity contribution is -0.148. The summed E-state index contributed by atoms with van der Waals surface area (Å²) < 4.78 is 5.23. The molecule has 2 bridgehead atoms. The van der Waals surface area contributed by atoms with Crippen LogP contribution in [0.1, 0.15) is 12.8 Å². The molecule has 6 heteroatoms. The van der Waals surface area contributed by atoms with E-state index in [1.165, 1.54) is 4.90 Å². The Hall–Kier alpha value is -1.69. The molecule has 3 amide bonds. The number of carbonyl (C=O) groups is 3. The lowest BCUT2D eigenvalue weighted by Crippen LogP contribution is -2.47. The Kier molecular flexibility index (Phi) is 3.29. The Morgan fingerprint density at radius 1 is 1.05 bits per heavy atom. The number of ether oxygens (including phenoxy) is 1. The number of amides is 3. The molecule has 6 nitrogen and oxygen atoms in total. The van der Waals surface area contributed by atoms with E-state index in [1.54, 1.807) is 4.90 Å². The summed E-state index contributed by atoms with van der Waals surface area (Å²) >= 11 is 0. The molecule has 2 aliphatic heterocycles. The molecule has 0 spiro atoms. The van der Waals surface area contributed by atoms with Gasteiger partial charge >= 0.3 is 0 Å². The number of nitrogens with zero attached hydrogens (tertiary/aromatic N) is 2. The molecule has 1 saturated carbocycles. The Bertz CT molecular complexity index is 520. The predicted molar refractivity (Wildman–Crippen MR) is 76.5 cm³/mol. The van der Waals surface area contributed by atoms with Crippen molar-refractivity contribution >= 4 is 17.7 Å². The van der Waals surface area contributed by atoms with Crippen LogP contribution in [0.3, 0.4) is 0 Å². The van der Waals surface area contributed by atoms with Crippen molar-refractivity contribution in [1.82, 2.24) is 9.80 Å². The maximum atomic E-state index is 12.6. The van der Waals surface area contributed by atoms with Crippen LogP contribution in [0, 0.1) is 23.7 Å². The van der Waals surface area contributed by atoms with Crippen LogP contribution < -0.4 is 0 Å². The third-order valence-corrected chi connectivity index (χ3v) is 5.51. The fourth-order valence-corrected chi connectivity index (χ4v) is 4.34. The van der Waals surface area contributed by atoms with Gasteiger partial charge in [0, 0.05) is 13.1 Å². The normalized spacial score (nSPS) is 36.9. The number of hydrogen-bond acceptors (Lipinski definition) is 4. The average Bonchev–Trinajstić information content (AvgIpc) is 2.84. The second kappa shape index (κ2) is 5.19. The highest BCUT2D eigenvalue weighted by molar-refractivity contribution is 6.08. The van der Waals surface area contributed by atoms with Gasteiger partial charge in [0.15, 0.2) is 0 Å². The molecule has 0 radical (unpaired) electrons. The first-order valence-corrected chi connectivity index (χ1v) is 8.06. The molecule has 4 atom stereocenters. The lowest BCUT2D eigenvalue weighted by atomic mass is 9.63. The third kappa shape index (κ3) is 2.00. The van der Waals surface area contributed by atoms with Crippen molar-refractivity contribution in [3.8, 4) is 0 Å². The zero-order chi connectivity index (χ0) is 15.3. The first-order valence-electron chi connectivity index (χ1n) is 8.06. The highest BCUT2D eigenvalue weighted by Crippen LogP contribution is 2.49. The fourth-order valence-electron chi connectivity index (χ4n) is 4.34. The minimum absolute atomic E-state index is 0.107. The van der Waals surface area contributed by atoms with Crippen LogP contribution in [-0.4, -0.2) is 60.4 Å². The molecule has 5 aliphatic rings. The van der Waals surface area contributed by atoms with Gasteiger partial charge in [0.1, 0.15) is 6.54 Å². The number of carbonyl (C=O) groups excluding carboxylic acids is 3. The molecule has 5 rings (SSSR count). The topological polar surface area (TPSA) is 66.9 Å². The molecule has 2 heterocycles. The van der Waals surface area contributed by atoms with E-state index >= 15 is 0 Å². The maximum Gasteiger partial charge on any atom is 0.242 e. The first kappa shape index (κ1) is 13.9. The van der Waals surface area contributed by atoms with Gasteiger partial charge in [0.05, 0.1) is 25.0 Å². The summed E-state index contributed by atoms with van der Waals surface area (Å²) in [6.07, 6.45) is 6.14. The third-order valence-electron chi connectivity index (χ3n) is 5.51. The summed E-state index contributed by atoms with van der Waals surface area (Å²) in [5, 5.41) is 0. The molecule has 3 fully saturated rings. The van der Waals surface area contributed by atoms with E-state index in [9.17, 15) is 14.4 Å². The van der Waals surface area contributed by atoms with Gasteiger partial charge in [-0.05, 0) is 24.7 Å². The van der Waals surface area contributed by atoms with E-state index < -0.39 is 0 Å². The second-order valence-corrected chi connectivity index (χ2v) is 6.60. The number of rotatable bonds is 2. The summed E-state index contributed by atoms with van der Waals surface area (Å²) in [5.74, 6) is -0.539. The molecular formula is C16H20N2O4. The average molecular weight is 304 g/mol. The molecule has 0 aromatic carbocycles. The van der Waals surface area contributed by atoms with Crippen molar-refractivity contribution in [1.29, 1.82) is 0 Å².